The van der Waals surface area contributed by atoms with Crippen molar-refractivity contribution in [1.82, 2.24) is 4.90 Å². The molecule has 0 spiro atoms. The van der Waals surface area contributed by atoms with Gasteiger partial charge in [-0.15, -0.1) is 0 Å². The van der Waals surface area contributed by atoms with Crippen molar-refractivity contribution in [2.75, 3.05) is 19.7 Å². The van der Waals surface area contributed by atoms with Crippen LogP contribution in [0.25, 0.3) is 0 Å². The fourth-order valence-electron chi connectivity index (χ4n) is 3.40. The standard InChI is InChI=1S/C17H27FN2O/c1-2-16(19)17(14-7-3-4-8-15(14)18)20-10-5-6-13(12-20)9-11-21/h3-4,7-8,13,16-17,21H,2,5-6,9-12,19H2,1H3. The van der Waals surface area contributed by atoms with Crippen LogP contribution in [0.1, 0.15) is 44.2 Å². The maximum absolute atomic E-state index is 14.2. The Kier molecular flexibility index (Phi) is 6.15. The molecule has 1 heterocycles. The maximum Gasteiger partial charge on any atom is 0.128 e. The number of piperidine rings is 1. The zero-order chi connectivity index (χ0) is 15.2. The highest BCUT2D eigenvalue weighted by molar-refractivity contribution is 5.23. The summed E-state index contributed by atoms with van der Waals surface area (Å²) < 4.78 is 14.2. The molecular formula is C17H27FN2O. The fraction of sp³-hybridized carbons (Fsp3) is 0.647. The molecule has 2 rings (SSSR count). The molecule has 1 aliphatic rings. The van der Waals surface area contributed by atoms with Gasteiger partial charge in [-0.25, -0.2) is 4.39 Å². The lowest BCUT2D eigenvalue weighted by Crippen LogP contribution is -2.46. The molecule has 0 aromatic heterocycles. The number of nitrogens with zero attached hydrogens (tertiary/aromatic N) is 1. The second-order valence-corrected chi connectivity index (χ2v) is 6.05. The van der Waals surface area contributed by atoms with Crippen molar-refractivity contribution in [3.05, 3.63) is 35.6 Å². The normalized spacial score (nSPS) is 23.0. The van der Waals surface area contributed by atoms with E-state index in [1.807, 2.05) is 19.1 Å². The van der Waals surface area contributed by atoms with Gasteiger partial charge >= 0.3 is 0 Å². The first-order chi connectivity index (χ1) is 10.2. The second-order valence-electron chi connectivity index (χ2n) is 6.05. The Bertz CT molecular complexity index is 439. The Balaban J connectivity index is 2.22. The molecule has 4 heteroatoms. The van der Waals surface area contributed by atoms with Gasteiger partial charge in [-0.2, -0.15) is 0 Å². The van der Waals surface area contributed by atoms with E-state index >= 15 is 0 Å². The summed E-state index contributed by atoms with van der Waals surface area (Å²) >= 11 is 0. The van der Waals surface area contributed by atoms with Gasteiger partial charge in [0.1, 0.15) is 5.82 Å². The lowest BCUT2D eigenvalue weighted by molar-refractivity contribution is 0.0912. The van der Waals surface area contributed by atoms with Crippen LogP contribution < -0.4 is 5.73 Å². The van der Waals surface area contributed by atoms with Crippen LogP contribution >= 0.6 is 0 Å². The van der Waals surface area contributed by atoms with Crippen LogP contribution in [0.5, 0.6) is 0 Å². The first kappa shape index (κ1) is 16.4. The van der Waals surface area contributed by atoms with Crippen molar-refractivity contribution in [2.45, 2.75) is 44.7 Å². The molecule has 3 N–H and O–H groups in total. The Morgan fingerprint density at radius 1 is 1.43 bits per heavy atom. The van der Waals surface area contributed by atoms with E-state index in [1.165, 1.54) is 6.07 Å². The van der Waals surface area contributed by atoms with Crippen molar-refractivity contribution in [3.8, 4) is 0 Å². The van der Waals surface area contributed by atoms with Gasteiger partial charge in [0.2, 0.25) is 0 Å². The number of benzene rings is 1. The number of hydrogen-bond donors (Lipinski definition) is 2. The molecule has 118 valence electrons. The van der Waals surface area contributed by atoms with E-state index in [4.69, 9.17) is 10.8 Å². The van der Waals surface area contributed by atoms with E-state index in [1.54, 1.807) is 6.07 Å². The van der Waals surface area contributed by atoms with E-state index in [-0.39, 0.29) is 24.5 Å². The summed E-state index contributed by atoms with van der Waals surface area (Å²) in [6.45, 7) is 4.12. The fourth-order valence-corrected chi connectivity index (χ4v) is 3.40. The first-order valence-corrected chi connectivity index (χ1v) is 8.02. The molecule has 0 bridgehead atoms. The molecule has 21 heavy (non-hydrogen) atoms. The zero-order valence-electron chi connectivity index (χ0n) is 12.8. The third-order valence-corrected chi connectivity index (χ3v) is 4.58. The van der Waals surface area contributed by atoms with Crippen LogP contribution in [0, 0.1) is 11.7 Å². The summed E-state index contributed by atoms with van der Waals surface area (Å²) in [5, 5.41) is 9.16. The SMILES string of the molecule is CCC(N)C(c1ccccc1F)N1CCCC(CCO)C1. The molecule has 1 saturated heterocycles. The molecular weight excluding hydrogens is 267 g/mol. The van der Waals surface area contributed by atoms with Crippen LogP contribution in [-0.4, -0.2) is 35.7 Å². The molecule has 0 radical (unpaired) electrons. The van der Waals surface area contributed by atoms with Gasteiger partial charge in [-0.05, 0) is 44.2 Å². The van der Waals surface area contributed by atoms with Gasteiger partial charge in [0.25, 0.3) is 0 Å². The molecule has 1 aromatic carbocycles. The monoisotopic (exact) mass is 294 g/mol. The smallest absolute Gasteiger partial charge is 0.128 e. The highest BCUT2D eigenvalue weighted by atomic mass is 19.1. The number of nitrogens with two attached hydrogens (primary N) is 1. The Morgan fingerprint density at radius 3 is 2.86 bits per heavy atom. The number of hydrogen-bond acceptors (Lipinski definition) is 3. The Morgan fingerprint density at radius 2 is 2.19 bits per heavy atom. The predicted molar refractivity (Wildman–Crippen MR) is 83.4 cm³/mol. The second kappa shape index (κ2) is 7.87. The molecule has 0 amide bonds. The van der Waals surface area contributed by atoms with Gasteiger partial charge in [0.05, 0.1) is 6.04 Å². The number of aliphatic hydroxyl groups is 1. The van der Waals surface area contributed by atoms with Crippen LogP contribution in [0.15, 0.2) is 24.3 Å². The molecule has 3 nitrogen and oxygen atoms in total. The largest absolute Gasteiger partial charge is 0.396 e. The van der Waals surface area contributed by atoms with Crippen molar-refractivity contribution in [2.24, 2.45) is 11.7 Å². The molecule has 0 aliphatic carbocycles. The Labute approximate surface area is 126 Å². The predicted octanol–water partition coefficient (Wildman–Crippen LogP) is 2.70. The van der Waals surface area contributed by atoms with E-state index < -0.39 is 0 Å². The highest BCUT2D eigenvalue weighted by Gasteiger charge is 2.31. The quantitative estimate of drug-likeness (QED) is 0.848. The molecule has 3 unspecified atom stereocenters. The van der Waals surface area contributed by atoms with E-state index in [0.29, 0.717) is 11.5 Å². The average molecular weight is 294 g/mol. The van der Waals surface area contributed by atoms with Gasteiger partial charge in [-0.3, -0.25) is 4.90 Å². The lowest BCUT2D eigenvalue weighted by Gasteiger charge is -2.41. The van der Waals surface area contributed by atoms with Crippen LogP contribution in [0.4, 0.5) is 4.39 Å². The van der Waals surface area contributed by atoms with E-state index in [2.05, 4.69) is 4.90 Å². The minimum atomic E-state index is -0.171. The third kappa shape index (κ3) is 4.02. The molecule has 3 atom stereocenters. The summed E-state index contributed by atoms with van der Waals surface area (Å²) in [7, 11) is 0. The van der Waals surface area contributed by atoms with Crippen LogP contribution in [0.3, 0.4) is 0 Å². The molecule has 1 aromatic rings. The first-order valence-electron chi connectivity index (χ1n) is 8.02. The summed E-state index contributed by atoms with van der Waals surface area (Å²) in [6, 6.07) is 6.82. The number of halogens is 1. The number of rotatable bonds is 6. The summed E-state index contributed by atoms with van der Waals surface area (Å²) in [4.78, 5) is 2.32. The Hall–Kier alpha value is -0.970. The summed E-state index contributed by atoms with van der Waals surface area (Å²) in [6.07, 6.45) is 3.87. The number of aliphatic hydroxyl groups excluding tert-OH is 1. The molecule has 0 saturated carbocycles. The van der Waals surface area contributed by atoms with Gasteiger partial charge < -0.3 is 10.8 Å². The van der Waals surface area contributed by atoms with Gasteiger partial charge in [-0.1, -0.05) is 25.1 Å². The van der Waals surface area contributed by atoms with E-state index in [0.717, 1.165) is 38.8 Å². The van der Waals surface area contributed by atoms with Crippen molar-refractivity contribution in [3.63, 3.8) is 0 Å². The molecule has 1 aliphatic heterocycles. The van der Waals surface area contributed by atoms with E-state index in [9.17, 15) is 4.39 Å². The van der Waals surface area contributed by atoms with Crippen LogP contribution in [-0.2, 0) is 0 Å². The average Bonchev–Trinajstić information content (AvgIpc) is 2.50. The summed E-state index contributed by atoms with van der Waals surface area (Å²) in [5.41, 5.74) is 7.02. The number of likely N-dealkylation sites (tertiary alicyclic amines) is 1. The topological polar surface area (TPSA) is 49.5 Å². The lowest BCUT2D eigenvalue weighted by atomic mass is 9.89. The van der Waals surface area contributed by atoms with Crippen molar-refractivity contribution in [1.29, 1.82) is 0 Å². The molecule has 1 fully saturated rings. The summed E-state index contributed by atoms with van der Waals surface area (Å²) in [5.74, 6) is 0.317. The third-order valence-electron chi connectivity index (χ3n) is 4.58. The van der Waals surface area contributed by atoms with Crippen molar-refractivity contribution < 1.29 is 9.50 Å². The minimum absolute atomic E-state index is 0.0716. The maximum atomic E-state index is 14.2. The van der Waals surface area contributed by atoms with Gasteiger partial charge in [0.15, 0.2) is 0 Å². The minimum Gasteiger partial charge on any atom is -0.396 e. The van der Waals surface area contributed by atoms with Crippen LogP contribution in [0.2, 0.25) is 0 Å². The highest BCUT2D eigenvalue weighted by Crippen LogP contribution is 2.32. The zero-order valence-corrected chi connectivity index (χ0v) is 12.8. The van der Waals surface area contributed by atoms with Gasteiger partial charge in [0, 0.05) is 24.8 Å². The van der Waals surface area contributed by atoms with Crippen molar-refractivity contribution >= 4 is 0 Å².